The van der Waals surface area contributed by atoms with Gasteiger partial charge in [0.2, 0.25) is 5.91 Å². The van der Waals surface area contributed by atoms with Crippen LogP contribution < -0.4 is 10.6 Å². The molecule has 1 rings (SSSR count). The average molecular weight is 255 g/mol. The van der Waals surface area contributed by atoms with E-state index in [4.69, 9.17) is 11.6 Å². The molecular weight excluding hydrogens is 240 g/mol. The minimum absolute atomic E-state index is 0.224. The second kappa shape index (κ2) is 6.91. The number of halogens is 1. The Morgan fingerprint density at radius 1 is 1.18 bits per heavy atom. The highest BCUT2D eigenvalue weighted by Gasteiger charge is 2.05. The number of amides is 3. The molecule has 0 heterocycles. The summed E-state index contributed by atoms with van der Waals surface area (Å²) in [7, 11) is 0. The number of nitrogens with one attached hydrogen (secondary N) is 2. The maximum Gasteiger partial charge on any atom is 0.321 e. The SMILES string of the molecule is CCc1ccc(CNC(=O)NC(=O)CCl)cc1. The number of rotatable bonds is 4. The molecule has 17 heavy (non-hydrogen) atoms. The van der Waals surface area contributed by atoms with Crippen molar-refractivity contribution in [3.8, 4) is 0 Å². The number of benzene rings is 1. The van der Waals surface area contributed by atoms with Crippen LogP contribution in [0.2, 0.25) is 0 Å². The van der Waals surface area contributed by atoms with Gasteiger partial charge >= 0.3 is 6.03 Å². The van der Waals surface area contributed by atoms with E-state index in [1.165, 1.54) is 5.56 Å². The summed E-state index contributed by atoms with van der Waals surface area (Å²) in [4.78, 5) is 22.0. The van der Waals surface area contributed by atoms with Gasteiger partial charge in [0.25, 0.3) is 0 Å². The van der Waals surface area contributed by atoms with Crippen LogP contribution in [0.5, 0.6) is 0 Å². The van der Waals surface area contributed by atoms with E-state index in [0.717, 1.165) is 12.0 Å². The number of hydrogen-bond donors (Lipinski definition) is 2. The Bertz CT molecular complexity index is 390. The first-order valence-corrected chi connectivity index (χ1v) is 5.90. The first-order chi connectivity index (χ1) is 8.15. The lowest BCUT2D eigenvalue weighted by atomic mass is 10.1. The van der Waals surface area contributed by atoms with Crippen LogP contribution in [-0.2, 0) is 17.8 Å². The van der Waals surface area contributed by atoms with Gasteiger partial charge in [0.15, 0.2) is 0 Å². The molecule has 1 aromatic rings. The highest BCUT2D eigenvalue weighted by atomic mass is 35.5. The van der Waals surface area contributed by atoms with Crippen molar-refractivity contribution in [2.45, 2.75) is 19.9 Å². The minimum atomic E-state index is -0.532. The van der Waals surface area contributed by atoms with Crippen molar-refractivity contribution in [3.05, 3.63) is 35.4 Å². The van der Waals surface area contributed by atoms with Crippen molar-refractivity contribution in [3.63, 3.8) is 0 Å². The molecule has 0 saturated heterocycles. The lowest BCUT2D eigenvalue weighted by molar-refractivity contribution is -0.117. The summed E-state index contributed by atoms with van der Waals surface area (Å²) in [5.41, 5.74) is 2.23. The molecule has 0 aromatic heterocycles. The second-order valence-corrected chi connectivity index (χ2v) is 3.80. The van der Waals surface area contributed by atoms with E-state index >= 15 is 0 Å². The van der Waals surface area contributed by atoms with Crippen LogP contribution in [0, 0.1) is 0 Å². The number of carbonyl (C=O) groups excluding carboxylic acids is 2. The standard InChI is InChI=1S/C12H15ClN2O2/c1-2-9-3-5-10(6-4-9)8-14-12(17)15-11(16)7-13/h3-6H,2,7-8H2,1H3,(H2,14,15,16,17). The topological polar surface area (TPSA) is 58.2 Å². The number of carbonyl (C=O) groups is 2. The number of aryl methyl sites for hydroxylation is 1. The number of urea groups is 1. The van der Waals surface area contributed by atoms with Crippen molar-refractivity contribution >= 4 is 23.5 Å². The number of alkyl halides is 1. The maximum absolute atomic E-state index is 11.2. The van der Waals surface area contributed by atoms with Gasteiger partial charge in [0.1, 0.15) is 5.88 Å². The molecule has 0 spiro atoms. The monoisotopic (exact) mass is 254 g/mol. The first kappa shape index (κ1) is 13.5. The van der Waals surface area contributed by atoms with Crippen LogP contribution >= 0.6 is 11.6 Å². The van der Waals surface area contributed by atoms with Crippen LogP contribution in [0.25, 0.3) is 0 Å². The third-order valence-corrected chi connectivity index (χ3v) is 2.50. The molecule has 0 fully saturated rings. The number of imide groups is 1. The maximum atomic E-state index is 11.2. The molecule has 92 valence electrons. The Morgan fingerprint density at radius 2 is 1.76 bits per heavy atom. The minimum Gasteiger partial charge on any atom is -0.334 e. The Labute approximate surface area is 105 Å². The number of hydrogen-bond acceptors (Lipinski definition) is 2. The Kier molecular flexibility index (Phi) is 5.49. The summed E-state index contributed by atoms with van der Waals surface area (Å²) in [6.45, 7) is 2.46. The fourth-order valence-electron chi connectivity index (χ4n) is 1.28. The van der Waals surface area contributed by atoms with E-state index in [0.29, 0.717) is 6.54 Å². The van der Waals surface area contributed by atoms with Gasteiger partial charge in [-0.3, -0.25) is 10.1 Å². The molecule has 0 aliphatic rings. The zero-order chi connectivity index (χ0) is 12.7. The molecule has 1 aromatic carbocycles. The summed E-state index contributed by atoms with van der Waals surface area (Å²) in [5.74, 6) is -0.732. The van der Waals surface area contributed by atoms with Crippen LogP contribution in [0.1, 0.15) is 18.1 Å². The molecule has 0 atom stereocenters. The summed E-state index contributed by atoms with van der Waals surface area (Å²) in [6, 6.07) is 7.39. The van der Waals surface area contributed by atoms with Crippen LogP contribution in [0.4, 0.5) is 4.79 Å². The Morgan fingerprint density at radius 3 is 2.29 bits per heavy atom. The van der Waals surface area contributed by atoms with Gasteiger partial charge in [-0.2, -0.15) is 0 Å². The molecule has 5 heteroatoms. The molecule has 0 saturated carbocycles. The zero-order valence-electron chi connectivity index (χ0n) is 9.63. The van der Waals surface area contributed by atoms with Gasteiger partial charge < -0.3 is 5.32 Å². The zero-order valence-corrected chi connectivity index (χ0v) is 10.4. The van der Waals surface area contributed by atoms with Crippen LogP contribution in [0.15, 0.2) is 24.3 Å². The molecule has 0 bridgehead atoms. The van der Waals surface area contributed by atoms with Crippen LogP contribution in [-0.4, -0.2) is 17.8 Å². The van der Waals surface area contributed by atoms with Gasteiger partial charge in [-0.05, 0) is 17.5 Å². The Hall–Kier alpha value is -1.55. The lowest BCUT2D eigenvalue weighted by Gasteiger charge is -2.06. The fraction of sp³-hybridized carbons (Fsp3) is 0.333. The summed E-state index contributed by atoms with van der Waals surface area (Å²) in [6.07, 6.45) is 0.985. The molecule has 0 aliphatic heterocycles. The van der Waals surface area contributed by atoms with Gasteiger partial charge in [-0.1, -0.05) is 31.2 Å². The van der Waals surface area contributed by atoms with Crippen LogP contribution in [0.3, 0.4) is 0 Å². The van der Waals surface area contributed by atoms with Crippen molar-refractivity contribution in [1.29, 1.82) is 0 Å². The normalized spacial score (nSPS) is 9.76. The van der Waals surface area contributed by atoms with Gasteiger partial charge in [-0.25, -0.2) is 4.79 Å². The third kappa shape index (κ3) is 4.87. The third-order valence-electron chi connectivity index (χ3n) is 2.26. The molecule has 0 unspecified atom stereocenters. The van der Waals surface area contributed by atoms with Crippen molar-refractivity contribution in [2.75, 3.05) is 5.88 Å². The van der Waals surface area contributed by atoms with E-state index in [2.05, 4.69) is 17.6 Å². The second-order valence-electron chi connectivity index (χ2n) is 3.53. The van der Waals surface area contributed by atoms with E-state index in [-0.39, 0.29) is 5.88 Å². The molecule has 0 aliphatic carbocycles. The van der Waals surface area contributed by atoms with E-state index in [1.54, 1.807) is 0 Å². The van der Waals surface area contributed by atoms with Crippen molar-refractivity contribution < 1.29 is 9.59 Å². The first-order valence-electron chi connectivity index (χ1n) is 5.37. The van der Waals surface area contributed by atoms with E-state index < -0.39 is 11.9 Å². The molecule has 3 amide bonds. The van der Waals surface area contributed by atoms with Gasteiger partial charge in [0.05, 0.1) is 0 Å². The fourth-order valence-corrected chi connectivity index (χ4v) is 1.35. The lowest BCUT2D eigenvalue weighted by Crippen LogP contribution is -2.39. The summed E-state index contributed by atoms with van der Waals surface area (Å²) < 4.78 is 0. The van der Waals surface area contributed by atoms with Gasteiger partial charge in [-0.15, -0.1) is 11.6 Å². The summed E-state index contributed by atoms with van der Waals surface area (Å²) >= 11 is 5.25. The van der Waals surface area contributed by atoms with Crippen molar-refractivity contribution in [1.82, 2.24) is 10.6 Å². The molecule has 4 nitrogen and oxygen atoms in total. The average Bonchev–Trinajstić information content (AvgIpc) is 2.36. The highest BCUT2D eigenvalue weighted by Crippen LogP contribution is 2.04. The highest BCUT2D eigenvalue weighted by molar-refractivity contribution is 6.28. The smallest absolute Gasteiger partial charge is 0.321 e. The molecular formula is C12H15ClN2O2. The molecule has 0 radical (unpaired) electrons. The van der Waals surface area contributed by atoms with Crippen molar-refractivity contribution in [2.24, 2.45) is 0 Å². The largest absolute Gasteiger partial charge is 0.334 e. The summed E-state index contributed by atoms with van der Waals surface area (Å²) in [5, 5.41) is 4.67. The predicted molar refractivity (Wildman–Crippen MR) is 66.9 cm³/mol. The van der Waals surface area contributed by atoms with E-state index in [9.17, 15) is 9.59 Å². The molecule has 2 N–H and O–H groups in total. The Balaban J connectivity index is 2.39. The van der Waals surface area contributed by atoms with Gasteiger partial charge in [0, 0.05) is 6.54 Å². The quantitative estimate of drug-likeness (QED) is 0.806. The van der Waals surface area contributed by atoms with E-state index in [1.807, 2.05) is 24.3 Å². The predicted octanol–water partition coefficient (Wildman–Crippen LogP) is 1.81.